The third-order valence-electron chi connectivity index (χ3n) is 3.41. The third-order valence-corrected chi connectivity index (χ3v) is 3.41. The SMILES string of the molecule is CC(=O)O[C@H]([C@H](C)OC(C)=O)[C@@H](C/C=C/[C@H]1CC=CC(=O)O1)OC(C)=O. The highest BCUT2D eigenvalue weighted by molar-refractivity contribution is 5.82. The molecule has 0 N–H and O–H groups in total. The molecule has 1 aliphatic rings. The predicted octanol–water partition coefficient (Wildman–Crippen LogP) is 1.62. The first-order valence-electron chi connectivity index (χ1n) is 8.24. The minimum atomic E-state index is -0.973. The number of carbonyl (C=O) groups excluding carboxylic acids is 4. The summed E-state index contributed by atoms with van der Waals surface area (Å²) in [4.78, 5) is 45.3. The van der Waals surface area contributed by atoms with Gasteiger partial charge in [-0.2, -0.15) is 0 Å². The topological polar surface area (TPSA) is 105 Å². The van der Waals surface area contributed by atoms with Gasteiger partial charge in [-0.05, 0) is 13.0 Å². The zero-order valence-electron chi connectivity index (χ0n) is 15.3. The second-order valence-corrected chi connectivity index (χ2v) is 5.81. The molecule has 8 nitrogen and oxygen atoms in total. The third kappa shape index (κ3) is 7.96. The minimum Gasteiger partial charge on any atom is -0.459 e. The monoisotopic (exact) mass is 368 g/mol. The molecule has 1 aliphatic heterocycles. The highest BCUT2D eigenvalue weighted by atomic mass is 16.6. The summed E-state index contributed by atoms with van der Waals surface area (Å²) in [7, 11) is 0. The van der Waals surface area contributed by atoms with Crippen LogP contribution in [0, 0.1) is 0 Å². The van der Waals surface area contributed by atoms with Crippen LogP contribution in [0.2, 0.25) is 0 Å². The Kier molecular flexibility index (Phi) is 8.54. The molecule has 1 heterocycles. The van der Waals surface area contributed by atoms with Gasteiger partial charge in [0.05, 0.1) is 0 Å². The Morgan fingerprint density at radius 2 is 1.77 bits per heavy atom. The first-order valence-corrected chi connectivity index (χ1v) is 8.24. The molecule has 0 aliphatic carbocycles. The van der Waals surface area contributed by atoms with Crippen molar-refractivity contribution in [1.29, 1.82) is 0 Å². The largest absolute Gasteiger partial charge is 0.459 e. The van der Waals surface area contributed by atoms with E-state index < -0.39 is 48.3 Å². The van der Waals surface area contributed by atoms with Gasteiger partial charge in [0.2, 0.25) is 0 Å². The van der Waals surface area contributed by atoms with Crippen molar-refractivity contribution < 1.29 is 38.1 Å². The molecule has 0 bridgehead atoms. The predicted molar refractivity (Wildman–Crippen MR) is 89.7 cm³/mol. The molecule has 0 aromatic carbocycles. The van der Waals surface area contributed by atoms with Crippen LogP contribution in [-0.4, -0.2) is 48.3 Å². The lowest BCUT2D eigenvalue weighted by atomic mass is 10.0. The quantitative estimate of drug-likeness (QED) is 0.361. The number of rotatable bonds is 8. The molecule has 0 unspecified atom stereocenters. The van der Waals surface area contributed by atoms with Gasteiger partial charge in [0, 0.05) is 39.7 Å². The summed E-state index contributed by atoms with van der Waals surface area (Å²) in [5.74, 6) is -2.14. The minimum absolute atomic E-state index is 0.181. The van der Waals surface area contributed by atoms with Crippen LogP contribution in [0.15, 0.2) is 24.3 Å². The van der Waals surface area contributed by atoms with Gasteiger partial charge in [-0.1, -0.05) is 12.2 Å². The van der Waals surface area contributed by atoms with E-state index >= 15 is 0 Å². The van der Waals surface area contributed by atoms with Crippen molar-refractivity contribution in [2.24, 2.45) is 0 Å². The second kappa shape index (κ2) is 10.4. The van der Waals surface area contributed by atoms with Crippen LogP contribution in [0.1, 0.15) is 40.5 Å². The van der Waals surface area contributed by atoms with E-state index in [4.69, 9.17) is 18.9 Å². The van der Waals surface area contributed by atoms with Gasteiger partial charge in [-0.25, -0.2) is 4.79 Å². The summed E-state index contributed by atoms with van der Waals surface area (Å²) >= 11 is 0. The molecule has 4 atom stereocenters. The number of hydrogen-bond acceptors (Lipinski definition) is 8. The van der Waals surface area contributed by atoms with E-state index in [-0.39, 0.29) is 6.42 Å². The Morgan fingerprint density at radius 3 is 2.31 bits per heavy atom. The Hall–Kier alpha value is -2.64. The molecule has 8 heteroatoms. The van der Waals surface area contributed by atoms with Crippen LogP contribution in [0.4, 0.5) is 0 Å². The van der Waals surface area contributed by atoms with Crippen molar-refractivity contribution in [2.45, 2.75) is 65.0 Å². The fourth-order valence-electron chi connectivity index (χ4n) is 2.47. The van der Waals surface area contributed by atoms with Crippen molar-refractivity contribution in [2.75, 3.05) is 0 Å². The number of carbonyl (C=O) groups is 4. The standard InChI is InChI=1S/C18H24O8/c1-11(23-12(2)19)18(25-14(4)21)16(24-13(3)20)9-5-7-15-8-6-10-17(22)26-15/h5-7,10-11,15-16,18H,8-9H2,1-4H3/b7-5+/t11-,15-,16+,18+/m0/s1. The van der Waals surface area contributed by atoms with E-state index in [0.29, 0.717) is 6.42 Å². The zero-order chi connectivity index (χ0) is 19.7. The van der Waals surface area contributed by atoms with Crippen molar-refractivity contribution in [1.82, 2.24) is 0 Å². The Bertz CT molecular complexity index is 592. The normalized spacial score (nSPS) is 20.0. The van der Waals surface area contributed by atoms with E-state index in [9.17, 15) is 19.2 Å². The Morgan fingerprint density at radius 1 is 1.15 bits per heavy atom. The first kappa shape index (κ1) is 21.4. The number of ether oxygens (including phenoxy) is 4. The Balaban J connectivity index is 2.86. The lowest BCUT2D eigenvalue weighted by Crippen LogP contribution is -2.43. The summed E-state index contributed by atoms with van der Waals surface area (Å²) in [5, 5.41) is 0. The number of cyclic esters (lactones) is 1. The molecule has 0 saturated heterocycles. The van der Waals surface area contributed by atoms with E-state index in [1.165, 1.54) is 26.8 Å². The van der Waals surface area contributed by atoms with Gasteiger partial charge >= 0.3 is 23.9 Å². The maximum absolute atomic E-state index is 11.4. The van der Waals surface area contributed by atoms with Crippen molar-refractivity contribution in [3.8, 4) is 0 Å². The lowest BCUT2D eigenvalue weighted by molar-refractivity contribution is -0.181. The van der Waals surface area contributed by atoms with Gasteiger partial charge in [0.15, 0.2) is 6.10 Å². The van der Waals surface area contributed by atoms with Crippen LogP contribution in [0.3, 0.4) is 0 Å². The highest BCUT2D eigenvalue weighted by Gasteiger charge is 2.33. The van der Waals surface area contributed by atoms with E-state index in [2.05, 4.69) is 0 Å². The average Bonchev–Trinajstić information content (AvgIpc) is 2.50. The molecule has 144 valence electrons. The maximum atomic E-state index is 11.4. The van der Waals surface area contributed by atoms with Crippen LogP contribution in [-0.2, 0) is 38.1 Å². The molecule has 0 radical (unpaired) electrons. The van der Waals surface area contributed by atoms with Crippen molar-refractivity contribution >= 4 is 23.9 Å². The first-order chi connectivity index (χ1) is 12.2. The van der Waals surface area contributed by atoms with E-state index in [0.717, 1.165) is 0 Å². The van der Waals surface area contributed by atoms with Gasteiger partial charge in [-0.3, -0.25) is 14.4 Å². The average molecular weight is 368 g/mol. The maximum Gasteiger partial charge on any atom is 0.331 e. The number of esters is 4. The summed E-state index contributed by atoms with van der Waals surface area (Å²) in [6, 6.07) is 0. The van der Waals surface area contributed by atoms with Crippen molar-refractivity contribution in [3.63, 3.8) is 0 Å². The fourth-order valence-corrected chi connectivity index (χ4v) is 2.47. The fraction of sp³-hybridized carbons (Fsp3) is 0.556. The van der Waals surface area contributed by atoms with Gasteiger partial charge in [-0.15, -0.1) is 0 Å². The van der Waals surface area contributed by atoms with Gasteiger partial charge in [0.25, 0.3) is 0 Å². The van der Waals surface area contributed by atoms with Gasteiger partial charge < -0.3 is 18.9 Å². The summed E-state index contributed by atoms with van der Waals surface area (Å²) < 4.78 is 20.6. The summed E-state index contributed by atoms with van der Waals surface area (Å²) in [6.07, 6.45) is 4.04. The molecule has 26 heavy (non-hydrogen) atoms. The van der Waals surface area contributed by atoms with E-state index in [1.807, 2.05) is 0 Å². The van der Waals surface area contributed by atoms with Crippen molar-refractivity contribution in [3.05, 3.63) is 24.3 Å². The summed E-state index contributed by atoms with van der Waals surface area (Å²) in [5.41, 5.74) is 0. The molecule has 0 fully saturated rings. The van der Waals surface area contributed by atoms with E-state index in [1.54, 1.807) is 25.2 Å². The molecule has 0 saturated carbocycles. The molecular weight excluding hydrogens is 344 g/mol. The molecule has 1 rings (SSSR count). The van der Waals surface area contributed by atoms with Crippen LogP contribution in [0.5, 0.6) is 0 Å². The van der Waals surface area contributed by atoms with Gasteiger partial charge in [0.1, 0.15) is 18.3 Å². The second-order valence-electron chi connectivity index (χ2n) is 5.81. The van der Waals surface area contributed by atoms with Crippen LogP contribution in [0.25, 0.3) is 0 Å². The van der Waals surface area contributed by atoms with Crippen LogP contribution >= 0.6 is 0 Å². The highest BCUT2D eigenvalue weighted by Crippen LogP contribution is 2.18. The zero-order valence-corrected chi connectivity index (χ0v) is 15.3. The Labute approximate surface area is 152 Å². The smallest absolute Gasteiger partial charge is 0.331 e. The molecular formula is C18H24O8. The van der Waals surface area contributed by atoms with Crippen LogP contribution < -0.4 is 0 Å². The molecule has 0 spiro atoms. The molecule has 0 amide bonds. The molecule has 0 aromatic heterocycles. The number of hydrogen-bond donors (Lipinski definition) is 0. The molecule has 0 aromatic rings. The lowest BCUT2D eigenvalue weighted by Gasteiger charge is -2.29. The summed E-state index contributed by atoms with van der Waals surface area (Å²) in [6.45, 7) is 5.21.